The van der Waals surface area contributed by atoms with Gasteiger partial charge in [-0.1, -0.05) is 30.3 Å². The highest BCUT2D eigenvalue weighted by Gasteiger charge is 2.28. The summed E-state index contributed by atoms with van der Waals surface area (Å²) in [5.74, 6) is -0.931. The number of esters is 1. The molecule has 1 aliphatic rings. The van der Waals surface area contributed by atoms with Crippen LogP contribution in [0.1, 0.15) is 50.9 Å². The fourth-order valence-corrected chi connectivity index (χ4v) is 4.47. The Morgan fingerprint density at radius 3 is 2.43 bits per heavy atom. The third-order valence-electron chi connectivity index (χ3n) is 6.29. The Hall–Kier alpha value is -4.78. The molecule has 0 saturated carbocycles. The molecule has 0 atom stereocenters. The van der Waals surface area contributed by atoms with Gasteiger partial charge in [-0.05, 0) is 85.0 Å². The molecular weight excluding hydrogens is 468 g/mol. The number of pyridine rings is 1. The molecule has 5 rings (SSSR count). The molecule has 0 spiro atoms. The number of hydrogen-bond acceptors (Lipinski definition) is 6. The van der Waals surface area contributed by atoms with Gasteiger partial charge in [-0.15, -0.1) is 0 Å². The fourth-order valence-electron chi connectivity index (χ4n) is 4.47. The second kappa shape index (κ2) is 10.1. The highest BCUT2D eigenvalue weighted by Crippen LogP contribution is 2.38. The number of fused-ring (bicyclic) bond motifs is 2. The molecule has 0 bridgehead atoms. The Morgan fingerprint density at radius 1 is 0.973 bits per heavy atom. The van der Waals surface area contributed by atoms with Crippen molar-refractivity contribution in [2.45, 2.75) is 19.8 Å². The number of benzene rings is 3. The minimum atomic E-state index is -0.581. The van der Waals surface area contributed by atoms with Crippen molar-refractivity contribution in [2.75, 3.05) is 11.9 Å². The molecule has 0 fully saturated rings. The molecule has 184 valence electrons. The number of rotatable bonds is 6. The quantitative estimate of drug-likeness (QED) is 0.275. The molecule has 0 unspecified atom stereocenters. The van der Waals surface area contributed by atoms with Crippen LogP contribution in [-0.2, 0) is 16.0 Å². The van der Waals surface area contributed by atoms with Gasteiger partial charge in [0.25, 0.3) is 5.91 Å². The van der Waals surface area contributed by atoms with Crippen LogP contribution >= 0.6 is 0 Å². The largest absolute Gasteiger partial charge is 0.508 e. The molecule has 7 nitrogen and oxygen atoms in total. The topological polar surface area (TPSA) is 106 Å². The van der Waals surface area contributed by atoms with Crippen LogP contribution in [0.25, 0.3) is 22.6 Å². The van der Waals surface area contributed by atoms with Gasteiger partial charge in [-0.2, -0.15) is 0 Å². The molecule has 2 N–H and O–H groups in total. The Kier molecular flexibility index (Phi) is 6.51. The second-order valence-electron chi connectivity index (χ2n) is 8.85. The van der Waals surface area contributed by atoms with Crippen molar-refractivity contribution in [3.63, 3.8) is 0 Å². The maximum Gasteiger partial charge on any atom is 0.339 e. The van der Waals surface area contributed by atoms with E-state index in [2.05, 4.69) is 5.32 Å². The van der Waals surface area contributed by atoms with E-state index in [0.717, 1.165) is 22.4 Å². The van der Waals surface area contributed by atoms with E-state index >= 15 is 0 Å². The number of Topliss-reactive ketones (excluding diaryl/α,β-unsaturated/α-hetero) is 1. The number of aromatic nitrogens is 1. The van der Waals surface area contributed by atoms with Gasteiger partial charge >= 0.3 is 5.97 Å². The van der Waals surface area contributed by atoms with Gasteiger partial charge < -0.3 is 15.2 Å². The van der Waals surface area contributed by atoms with E-state index in [-0.39, 0.29) is 11.5 Å². The third-order valence-corrected chi connectivity index (χ3v) is 6.29. The van der Waals surface area contributed by atoms with Crippen molar-refractivity contribution in [3.8, 4) is 5.75 Å². The molecule has 4 aromatic rings. The number of carbonyl (C=O) groups is 3. The van der Waals surface area contributed by atoms with Crippen LogP contribution in [0.3, 0.4) is 0 Å². The van der Waals surface area contributed by atoms with Crippen LogP contribution in [0.5, 0.6) is 5.75 Å². The summed E-state index contributed by atoms with van der Waals surface area (Å²) < 4.78 is 5.44. The van der Waals surface area contributed by atoms with Crippen molar-refractivity contribution in [1.29, 1.82) is 0 Å². The van der Waals surface area contributed by atoms with E-state index in [1.54, 1.807) is 36.4 Å². The van der Waals surface area contributed by atoms with E-state index < -0.39 is 18.5 Å². The lowest BCUT2D eigenvalue weighted by atomic mass is 10.0. The number of aromatic hydroxyl groups is 1. The van der Waals surface area contributed by atoms with Crippen LogP contribution in [-0.4, -0.2) is 34.4 Å². The lowest BCUT2D eigenvalue weighted by Crippen LogP contribution is -2.21. The Balaban J connectivity index is 1.39. The first-order valence-corrected chi connectivity index (χ1v) is 11.9. The molecule has 1 aromatic heterocycles. The number of allylic oxidation sites excluding steroid dienone is 1. The van der Waals surface area contributed by atoms with E-state index in [9.17, 15) is 19.5 Å². The molecule has 1 amide bonds. The Bertz CT molecular complexity index is 1550. The van der Waals surface area contributed by atoms with Crippen LogP contribution in [0.4, 0.5) is 5.69 Å². The van der Waals surface area contributed by atoms with Gasteiger partial charge in [0, 0.05) is 16.6 Å². The van der Waals surface area contributed by atoms with Crippen molar-refractivity contribution < 1.29 is 24.2 Å². The monoisotopic (exact) mass is 492 g/mol. The van der Waals surface area contributed by atoms with Gasteiger partial charge in [0.2, 0.25) is 0 Å². The van der Waals surface area contributed by atoms with E-state index in [4.69, 9.17) is 9.72 Å². The molecule has 37 heavy (non-hydrogen) atoms. The first kappa shape index (κ1) is 23.9. The molecular formula is C30H24N2O5. The number of hydrogen-bond donors (Lipinski definition) is 2. The summed E-state index contributed by atoms with van der Waals surface area (Å²) in [5, 5.41) is 12.9. The molecule has 0 aliphatic heterocycles. The number of ether oxygens (including phenoxy) is 1. The summed E-state index contributed by atoms with van der Waals surface area (Å²) in [6.07, 6.45) is 3.33. The normalized spacial score (nSPS) is 13.4. The maximum atomic E-state index is 13.3. The minimum absolute atomic E-state index is 0.0648. The van der Waals surface area contributed by atoms with Gasteiger partial charge in [-0.25, -0.2) is 9.78 Å². The number of para-hydroxylation sites is 1. The van der Waals surface area contributed by atoms with E-state index in [1.807, 2.05) is 42.5 Å². The smallest absolute Gasteiger partial charge is 0.339 e. The van der Waals surface area contributed by atoms with Gasteiger partial charge in [0.1, 0.15) is 5.75 Å². The number of nitrogens with one attached hydrogen (secondary N) is 1. The zero-order valence-corrected chi connectivity index (χ0v) is 20.2. The molecule has 7 heteroatoms. The predicted octanol–water partition coefficient (Wildman–Crippen LogP) is 5.43. The maximum absolute atomic E-state index is 13.3. The van der Waals surface area contributed by atoms with Crippen LogP contribution in [0.2, 0.25) is 0 Å². The molecule has 1 aliphatic carbocycles. The zero-order valence-electron chi connectivity index (χ0n) is 20.2. The summed E-state index contributed by atoms with van der Waals surface area (Å²) in [6, 6.07) is 20.8. The number of ketones is 1. The summed E-state index contributed by atoms with van der Waals surface area (Å²) >= 11 is 0. The molecule has 1 heterocycles. The molecule has 0 radical (unpaired) electrons. The summed E-state index contributed by atoms with van der Waals surface area (Å²) in [7, 11) is 0. The number of anilines is 1. The molecule has 3 aromatic carbocycles. The average Bonchev–Trinajstić information content (AvgIpc) is 3.29. The van der Waals surface area contributed by atoms with E-state index in [0.29, 0.717) is 40.6 Å². The summed E-state index contributed by atoms with van der Waals surface area (Å²) in [4.78, 5) is 42.0. The predicted molar refractivity (Wildman–Crippen MR) is 141 cm³/mol. The van der Waals surface area contributed by atoms with Crippen LogP contribution < -0.4 is 5.32 Å². The van der Waals surface area contributed by atoms with Crippen molar-refractivity contribution in [3.05, 3.63) is 101 Å². The average molecular weight is 493 g/mol. The van der Waals surface area contributed by atoms with E-state index in [1.165, 1.54) is 6.92 Å². The van der Waals surface area contributed by atoms with Gasteiger partial charge in [-0.3, -0.25) is 9.59 Å². The zero-order chi connectivity index (χ0) is 25.9. The first-order chi connectivity index (χ1) is 17.9. The Labute approximate surface area is 213 Å². The standard InChI is InChI=1S/C30H24N2O5/c1-18(33)20-8-11-22(12-9-20)31-27(35)17-37-30(36)28-24-4-2-3-5-26(24)32-29-21(10-15-25(28)29)16-19-6-13-23(34)14-7-19/h2-9,11-14,16,34H,10,15,17H2,1H3,(H,31,35)/b21-16+. The first-order valence-electron chi connectivity index (χ1n) is 11.9. The van der Waals surface area contributed by atoms with Crippen LogP contribution in [0.15, 0.2) is 72.8 Å². The van der Waals surface area contributed by atoms with Crippen LogP contribution in [0, 0.1) is 0 Å². The number of phenols is 1. The number of carbonyl (C=O) groups excluding carboxylic acids is 3. The van der Waals surface area contributed by atoms with Gasteiger partial charge in [0.15, 0.2) is 12.4 Å². The summed E-state index contributed by atoms with van der Waals surface area (Å²) in [5.41, 5.74) is 5.60. The number of amides is 1. The number of nitrogens with zero attached hydrogens (tertiary/aromatic N) is 1. The van der Waals surface area contributed by atoms with Crippen molar-refractivity contribution >= 4 is 45.9 Å². The van der Waals surface area contributed by atoms with Crippen molar-refractivity contribution in [2.24, 2.45) is 0 Å². The lowest BCUT2D eigenvalue weighted by molar-refractivity contribution is -0.119. The highest BCUT2D eigenvalue weighted by atomic mass is 16.5. The van der Waals surface area contributed by atoms with Crippen molar-refractivity contribution in [1.82, 2.24) is 4.98 Å². The third kappa shape index (κ3) is 5.11. The highest BCUT2D eigenvalue weighted by molar-refractivity contribution is 6.08. The second-order valence-corrected chi connectivity index (χ2v) is 8.85. The minimum Gasteiger partial charge on any atom is -0.508 e. The summed E-state index contributed by atoms with van der Waals surface area (Å²) in [6.45, 7) is 1.02. The fraction of sp³-hybridized carbons (Fsp3) is 0.133. The Morgan fingerprint density at radius 2 is 1.70 bits per heavy atom. The lowest BCUT2D eigenvalue weighted by Gasteiger charge is -2.12. The number of phenolic OH excluding ortho intramolecular Hbond substituents is 1. The van der Waals surface area contributed by atoms with Gasteiger partial charge in [0.05, 0.1) is 16.8 Å². The molecule has 0 saturated heterocycles. The SMILES string of the molecule is CC(=O)c1ccc(NC(=O)COC(=O)c2c3c(nc4ccccc24)/C(=C/c2ccc(O)cc2)CC3)cc1.